The Labute approximate surface area is 328 Å². The maximum absolute atomic E-state index is 6.61. The first-order chi connectivity index (χ1) is 28.2. The summed E-state index contributed by atoms with van der Waals surface area (Å²) in [5, 5.41) is 5.18. The van der Waals surface area contributed by atoms with Gasteiger partial charge in [-0.3, -0.25) is 0 Å². The van der Waals surface area contributed by atoms with Gasteiger partial charge < -0.3 is 8.83 Å². The van der Waals surface area contributed by atoms with E-state index in [0.717, 1.165) is 92.1 Å². The molecule has 0 atom stereocenters. The van der Waals surface area contributed by atoms with Crippen LogP contribution >= 0.6 is 11.3 Å². The fourth-order valence-corrected chi connectivity index (χ4v) is 9.16. The molecule has 0 unspecified atom stereocenters. The summed E-state index contributed by atoms with van der Waals surface area (Å²) in [5.41, 5.74) is 9.25. The molecule has 57 heavy (non-hydrogen) atoms. The van der Waals surface area contributed by atoms with Crippen molar-refractivity contribution in [3.63, 3.8) is 0 Å². The molecule has 0 aliphatic carbocycles. The number of hydrogen-bond acceptors (Lipinski definition) is 8. The lowest BCUT2D eigenvalue weighted by Gasteiger charge is -2.10. The number of hydrogen-bond donors (Lipinski definition) is 0. The van der Waals surface area contributed by atoms with E-state index < -0.39 is 0 Å². The molecule has 7 aromatic carbocycles. The van der Waals surface area contributed by atoms with Crippen LogP contribution in [-0.2, 0) is 0 Å². The molecular formula is C49H27N5O2S. The first-order valence-electron chi connectivity index (χ1n) is 18.7. The molecule has 5 heterocycles. The molecule has 0 aliphatic heterocycles. The summed E-state index contributed by atoms with van der Waals surface area (Å²) in [5.74, 6) is 2.48. The van der Waals surface area contributed by atoms with E-state index in [1.807, 2.05) is 109 Å². The van der Waals surface area contributed by atoms with Crippen molar-refractivity contribution >= 4 is 75.5 Å². The second-order valence-corrected chi connectivity index (χ2v) is 15.0. The molecule has 8 heteroatoms. The molecular weight excluding hydrogens is 723 g/mol. The van der Waals surface area contributed by atoms with Gasteiger partial charge in [0.25, 0.3) is 0 Å². The van der Waals surface area contributed by atoms with Crippen molar-refractivity contribution in [2.45, 2.75) is 0 Å². The van der Waals surface area contributed by atoms with Crippen LogP contribution in [-0.4, -0.2) is 24.9 Å². The molecule has 0 N–H and O–H groups in total. The highest BCUT2D eigenvalue weighted by molar-refractivity contribution is 7.26. The Kier molecular flexibility index (Phi) is 6.96. The Morgan fingerprint density at radius 1 is 0.386 bits per heavy atom. The Morgan fingerprint density at radius 2 is 0.982 bits per heavy atom. The zero-order valence-corrected chi connectivity index (χ0v) is 30.9. The van der Waals surface area contributed by atoms with Gasteiger partial charge >= 0.3 is 0 Å². The molecule has 0 saturated heterocycles. The maximum atomic E-state index is 6.61. The highest BCUT2D eigenvalue weighted by Gasteiger charge is 2.23. The SMILES string of the molecule is c1ccc(-c2nc(-c3ccccc3)nc(-c3cccc4sc5c(-c6nc(-c7ccc8oc9ccccc9c8c7)nc7c6oc6ccccc67)cccc5c34)n2)cc1. The quantitative estimate of drug-likeness (QED) is 0.173. The van der Waals surface area contributed by atoms with Gasteiger partial charge in [-0.05, 0) is 42.5 Å². The van der Waals surface area contributed by atoms with Gasteiger partial charge in [0.1, 0.15) is 28.0 Å². The second-order valence-electron chi connectivity index (χ2n) is 14.0. The largest absolute Gasteiger partial charge is 0.456 e. The molecule has 0 amide bonds. The molecule has 0 fully saturated rings. The lowest BCUT2D eigenvalue weighted by atomic mass is 10.0. The van der Waals surface area contributed by atoms with Crippen LogP contribution in [0.25, 0.3) is 121 Å². The first-order valence-corrected chi connectivity index (χ1v) is 19.5. The van der Waals surface area contributed by atoms with Crippen molar-refractivity contribution in [1.82, 2.24) is 24.9 Å². The summed E-state index contributed by atoms with van der Waals surface area (Å²) in [6.45, 7) is 0. The van der Waals surface area contributed by atoms with Gasteiger partial charge in [0.2, 0.25) is 0 Å². The van der Waals surface area contributed by atoms with E-state index in [0.29, 0.717) is 28.9 Å². The third-order valence-corrected chi connectivity index (χ3v) is 11.8. The van der Waals surface area contributed by atoms with E-state index in [-0.39, 0.29) is 0 Å². The molecule has 0 radical (unpaired) electrons. The summed E-state index contributed by atoms with van der Waals surface area (Å²) < 4.78 is 15.0. The van der Waals surface area contributed by atoms with E-state index in [4.69, 9.17) is 33.8 Å². The zero-order chi connectivity index (χ0) is 37.5. The number of furan rings is 2. The standard InChI is InChI=1S/C49H27N5O2S/c1-3-13-28(14-4-1)46-52-47(29-15-5-2-6-16-29)54-49(53-46)34-20-12-24-40-41(34)33-19-11-21-35(45(33)57-40)43-44-42(32-18-8-10-23-38(32)56-44)50-48(51-43)30-25-26-39-36(27-30)31-17-7-9-22-37(31)55-39/h1-27H. The van der Waals surface area contributed by atoms with Crippen molar-refractivity contribution in [2.75, 3.05) is 0 Å². The average molecular weight is 750 g/mol. The van der Waals surface area contributed by atoms with Crippen LogP contribution in [0, 0.1) is 0 Å². The van der Waals surface area contributed by atoms with Gasteiger partial charge in [-0.25, -0.2) is 24.9 Å². The second kappa shape index (κ2) is 12.5. The normalized spacial score (nSPS) is 11.9. The average Bonchev–Trinajstić information content (AvgIpc) is 3.98. The van der Waals surface area contributed by atoms with E-state index >= 15 is 0 Å². The molecule has 12 rings (SSSR count). The van der Waals surface area contributed by atoms with Crippen molar-refractivity contribution in [3.05, 3.63) is 164 Å². The molecule has 5 aromatic heterocycles. The molecule has 12 aromatic rings. The first kappa shape index (κ1) is 31.8. The van der Waals surface area contributed by atoms with Crippen LogP contribution in [0.3, 0.4) is 0 Å². The molecule has 0 bridgehead atoms. The van der Waals surface area contributed by atoms with Crippen LogP contribution in [0.2, 0.25) is 0 Å². The lowest BCUT2D eigenvalue weighted by Crippen LogP contribution is -2.00. The van der Waals surface area contributed by atoms with Gasteiger partial charge in [-0.1, -0.05) is 121 Å². The van der Waals surface area contributed by atoms with E-state index in [1.54, 1.807) is 11.3 Å². The van der Waals surface area contributed by atoms with Crippen LogP contribution in [0.5, 0.6) is 0 Å². The molecule has 7 nitrogen and oxygen atoms in total. The highest BCUT2D eigenvalue weighted by atomic mass is 32.1. The third-order valence-electron chi connectivity index (χ3n) is 10.6. The van der Waals surface area contributed by atoms with Crippen LogP contribution in [0.15, 0.2) is 173 Å². The fourth-order valence-electron chi connectivity index (χ4n) is 7.92. The number of rotatable bonds is 5. The van der Waals surface area contributed by atoms with Crippen molar-refractivity contribution < 1.29 is 8.83 Å². The van der Waals surface area contributed by atoms with Gasteiger partial charge in [0.05, 0.1) is 0 Å². The lowest BCUT2D eigenvalue weighted by molar-refractivity contribution is 0.667. The van der Waals surface area contributed by atoms with Gasteiger partial charge in [0, 0.05) is 64.1 Å². The third kappa shape index (κ3) is 5.08. The minimum atomic E-state index is 0.613. The minimum Gasteiger partial charge on any atom is -0.456 e. The number of nitrogens with zero attached hydrogens (tertiary/aromatic N) is 5. The zero-order valence-electron chi connectivity index (χ0n) is 30.0. The van der Waals surface area contributed by atoms with Gasteiger partial charge in [-0.2, -0.15) is 0 Å². The molecule has 0 aliphatic rings. The van der Waals surface area contributed by atoms with Gasteiger partial charge in [-0.15, -0.1) is 11.3 Å². The van der Waals surface area contributed by atoms with E-state index in [2.05, 4.69) is 54.6 Å². The van der Waals surface area contributed by atoms with Crippen LogP contribution in [0.4, 0.5) is 0 Å². The number of thiophene rings is 1. The number of benzene rings is 7. The van der Waals surface area contributed by atoms with Crippen molar-refractivity contribution in [2.24, 2.45) is 0 Å². The minimum absolute atomic E-state index is 0.613. The van der Waals surface area contributed by atoms with E-state index in [1.165, 1.54) is 0 Å². The Bertz CT molecular complexity index is 3480. The van der Waals surface area contributed by atoms with Gasteiger partial charge in [0.15, 0.2) is 28.9 Å². The summed E-state index contributed by atoms with van der Waals surface area (Å²) in [4.78, 5) is 25.7. The van der Waals surface area contributed by atoms with Crippen LogP contribution < -0.4 is 0 Å². The summed E-state index contributed by atoms with van der Waals surface area (Å²) >= 11 is 1.73. The van der Waals surface area contributed by atoms with E-state index in [9.17, 15) is 0 Å². The Morgan fingerprint density at radius 3 is 1.75 bits per heavy atom. The topological polar surface area (TPSA) is 90.7 Å². The van der Waals surface area contributed by atoms with Crippen molar-refractivity contribution in [1.29, 1.82) is 0 Å². The maximum Gasteiger partial charge on any atom is 0.180 e. The highest BCUT2D eigenvalue weighted by Crippen LogP contribution is 2.46. The summed E-state index contributed by atoms with van der Waals surface area (Å²) in [7, 11) is 0. The molecule has 266 valence electrons. The van der Waals surface area contributed by atoms with Crippen LogP contribution in [0.1, 0.15) is 0 Å². The fraction of sp³-hybridized carbons (Fsp3) is 0. The number of fused-ring (bicyclic) bond motifs is 9. The van der Waals surface area contributed by atoms with Crippen molar-refractivity contribution in [3.8, 4) is 56.8 Å². The summed E-state index contributed by atoms with van der Waals surface area (Å²) in [6.07, 6.45) is 0. The smallest absolute Gasteiger partial charge is 0.180 e. The molecule has 0 spiro atoms. The molecule has 0 saturated carbocycles. The Hall–Kier alpha value is -7.55. The number of para-hydroxylation sites is 2. The Balaban J connectivity index is 1.09. The summed E-state index contributed by atoms with van der Waals surface area (Å²) in [6, 6.07) is 55.2. The monoisotopic (exact) mass is 749 g/mol. The number of aromatic nitrogens is 5. The predicted octanol–water partition coefficient (Wildman–Crippen LogP) is 13.2. The predicted molar refractivity (Wildman–Crippen MR) is 230 cm³/mol.